The number of nitro benzene ring substituents is 1. The summed E-state index contributed by atoms with van der Waals surface area (Å²) in [5.74, 6) is 0.514. The molecular weight excluding hydrogens is 312 g/mol. The van der Waals surface area contributed by atoms with Crippen LogP contribution in [0.1, 0.15) is 5.56 Å². The molecule has 2 aromatic carbocycles. The molecule has 0 bridgehead atoms. The fourth-order valence-electron chi connectivity index (χ4n) is 1.60. The Balaban J connectivity index is 2.20. The molecule has 0 aromatic heterocycles. The van der Waals surface area contributed by atoms with Gasteiger partial charge in [-0.15, -0.1) is 0 Å². The highest BCUT2D eigenvalue weighted by atomic mass is 79.9. The number of nitrogens with zero attached hydrogens (tertiary/aromatic N) is 1. The number of ether oxygens (including phenoxy) is 1. The smallest absolute Gasteiger partial charge is 0.277 e. The Morgan fingerprint density at radius 3 is 2.68 bits per heavy atom. The first kappa shape index (κ1) is 13.4. The van der Waals surface area contributed by atoms with Crippen molar-refractivity contribution in [2.24, 2.45) is 0 Å². The highest BCUT2D eigenvalue weighted by Crippen LogP contribution is 2.26. The zero-order chi connectivity index (χ0) is 13.8. The lowest BCUT2D eigenvalue weighted by molar-refractivity contribution is -0.385. The number of halogens is 1. The fourth-order valence-corrected chi connectivity index (χ4v) is 1.95. The summed E-state index contributed by atoms with van der Waals surface area (Å²) in [4.78, 5) is 10.5. The van der Waals surface area contributed by atoms with Crippen LogP contribution in [0.2, 0.25) is 0 Å². The first-order chi connectivity index (χ1) is 9.08. The van der Waals surface area contributed by atoms with Crippen LogP contribution in [0.25, 0.3) is 0 Å². The van der Waals surface area contributed by atoms with E-state index >= 15 is 0 Å². The molecule has 0 saturated heterocycles. The van der Waals surface area contributed by atoms with E-state index in [2.05, 4.69) is 15.9 Å². The molecule has 0 unspecified atom stereocenters. The maximum absolute atomic E-state index is 11.0. The minimum absolute atomic E-state index is 0.0175. The number of nitro groups is 1. The lowest BCUT2D eigenvalue weighted by Crippen LogP contribution is -2.02. The molecule has 98 valence electrons. The molecule has 2 rings (SSSR count). The van der Waals surface area contributed by atoms with Gasteiger partial charge in [-0.25, -0.2) is 0 Å². The number of hydrogen-bond acceptors (Lipinski definition) is 4. The number of benzene rings is 2. The van der Waals surface area contributed by atoms with Crippen molar-refractivity contribution < 1.29 is 9.66 Å². The molecule has 0 amide bonds. The van der Waals surface area contributed by atoms with Gasteiger partial charge < -0.3 is 10.5 Å². The quantitative estimate of drug-likeness (QED) is 0.530. The van der Waals surface area contributed by atoms with Crippen LogP contribution in [0.3, 0.4) is 0 Å². The second kappa shape index (κ2) is 5.71. The number of nitrogen functional groups attached to an aromatic ring is 1. The topological polar surface area (TPSA) is 78.4 Å². The van der Waals surface area contributed by atoms with Crippen LogP contribution in [0, 0.1) is 10.1 Å². The normalized spacial score (nSPS) is 10.2. The van der Waals surface area contributed by atoms with Crippen LogP contribution < -0.4 is 10.5 Å². The highest BCUT2D eigenvalue weighted by molar-refractivity contribution is 9.10. The molecule has 0 atom stereocenters. The van der Waals surface area contributed by atoms with Crippen LogP contribution in [-0.4, -0.2) is 4.92 Å². The van der Waals surface area contributed by atoms with Crippen molar-refractivity contribution in [3.05, 3.63) is 62.6 Å². The lowest BCUT2D eigenvalue weighted by Gasteiger charge is -2.09. The molecule has 6 heteroatoms. The van der Waals surface area contributed by atoms with Gasteiger partial charge in [0.05, 0.1) is 16.2 Å². The predicted molar refractivity (Wildman–Crippen MR) is 76.0 cm³/mol. The van der Waals surface area contributed by atoms with Gasteiger partial charge in [0.2, 0.25) is 0 Å². The van der Waals surface area contributed by atoms with Crippen LogP contribution in [0.15, 0.2) is 46.9 Å². The van der Waals surface area contributed by atoms with Crippen LogP contribution in [0.4, 0.5) is 11.4 Å². The van der Waals surface area contributed by atoms with E-state index in [0.29, 0.717) is 21.5 Å². The Labute approximate surface area is 118 Å². The van der Waals surface area contributed by atoms with E-state index in [4.69, 9.17) is 10.5 Å². The minimum atomic E-state index is -0.433. The van der Waals surface area contributed by atoms with Gasteiger partial charge in [-0.1, -0.05) is 28.1 Å². The maximum atomic E-state index is 11.0. The van der Waals surface area contributed by atoms with Crippen molar-refractivity contribution in [1.29, 1.82) is 0 Å². The van der Waals surface area contributed by atoms with Crippen molar-refractivity contribution >= 4 is 27.3 Å². The monoisotopic (exact) mass is 322 g/mol. The largest absolute Gasteiger partial charge is 0.486 e. The van der Waals surface area contributed by atoms with Gasteiger partial charge in [0, 0.05) is 10.5 Å². The average Bonchev–Trinajstić information content (AvgIpc) is 2.38. The van der Waals surface area contributed by atoms with E-state index in [1.807, 2.05) is 0 Å². The third-order valence-electron chi connectivity index (χ3n) is 2.55. The molecule has 0 saturated carbocycles. The zero-order valence-corrected chi connectivity index (χ0v) is 11.5. The van der Waals surface area contributed by atoms with Gasteiger partial charge in [-0.3, -0.25) is 10.1 Å². The second-order valence-corrected chi connectivity index (χ2v) is 4.77. The molecule has 2 N–H and O–H groups in total. The summed E-state index contributed by atoms with van der Waals surface area (Å²) < 4.78 is 6.16. The van der Waals surface area contributed by atoms with Gasteiger partial charge >= 0.3 is 0 Å². The van der Waals surface area contributed by atoms with E-state index in [1.165, 1.54) is 6.07 Å². The summed E-state index contributed by atoms with van der Waals surface area (Å²) in [6.07, 6.45) is 0. The number of anilines is 1. The molecule has 0 spiro atoms. The number of para-hydroxylation sites is 2. The minimum Gasteiger partial charge on any atom is -0.486 e. The average molecular weight is 323 g/mol. The lowest BCUT2D eigenvalue weighted by atomic mass is 10.2. The molecule has 2 aromatic rings. The molecule has 0 fully saturated rings. The SMILES string of the molecule is Nc1ccccc1OCc1ccc(Br)cc1[N+](=O)[O-]. The summed E-state index contributed by atoms with van der Waals surface area (Å²) in [6.45, 7) is 0.0950. The summed E-state index contributed by atoms with van der Waals surface area (Å²) in [7, 11) is 0. The molecular formula is C13H11BrN2O3. The van der Waals surface area contributed by atoms with E-state index < -0.39 is 4.92 Å². The summed E-state index contributed by atoms with van der Waals surface area (Å²) in [5, 5.41) is 11.0. The Morgan fingerprint density at radius 2 is 2.00 bits per heavy atom. The van der Waals surface area contributed by atoms with Crippen LogP contribution >= 0.6 is 15.9 Å². The second-order valence-electron chi connectivity index (χ2n) is 3.86. The van der Waals surface area contributed by atoms with Gasteiger partial charge in [0.25, 0.3) is 5.69 Å². The molecule has 0 aliphatic carbocycles. The maximum Gasteiger partial charge on any atom is 0.277 e. The predicted octanol–water partition coefficient (Wildman–Crippen LogP) is 3.52. The molecule has 19 heavy (non-hydrogen) atoms. The molecule has 0 aliphatic heterocycles. The Kier molecular flexibility index (Phi) is 4.01. The Bertz CT molecular complexity index is 617. The third-order valence-corrected chi connectivity index (χ3v) is 3.04. The van der Waals surface area contributed by atoms with Crippen LogP contribution in [-0.2, 0) is 6.61 Å². The van der Waals surface area contributed by atoms with E-state index in [1.54, 1.807) is 36.4 Å². The molecule has 0 heterocycles. The van der Waals surface area contributed by atoms with E-state index in [9.17, 15) is 10.1 Å². The first-order valence-corrected chi connectivity index (χ1v) is 6.27. The fraction of sp³-hybridized carbons (Fsp3) is 0.0769. The van der Waals surface area contributed by atoms with Gasteiger partial charge in [-0.2, -0.15) is 0 Å². The standard InChI is InChI=1S/C13H11BrN2O3/c14-10-6-5-9(12(7-10)16(17)18)8-19-13-4-2-1-3-11(13)15/h1-7H,8,15H2. The molecule has 0 radical (unpaired) electrons. The van der Waals surface area contributed by atoms with Crippen molar-refractivity contribution in [3.63, 3.8) is 0 Å². The molecule has 5 nitrogen and oxygen atoms in total. The summed E-state index contributed by atoms with van der Waals surface area (Å²) >= 11 is 3.21. The van der Waals surface area contributed by atoms with Crippen molar-refractivity contribution in [2.75, 3.05) is 5.73 Å². The van der Waals surface area contributed by atoms with E-state index in [0.717, 1.165) is 0 Å². The summed E-state index contributed by atoms with van der Waals surface area (Å²) in [5.41, 5.74) is 6.76. The van der Waals surface area contributed by atoms with Gasteiger partial charge in [-0.05, 0) is 24.3 Å². The number of nitrogens with two attached hydrogens (primary N) is 1. The Hall–Kier alpha value is -2.08. The number of hydrogen-bond donors (Lipinski definition) is 1. The third kappa shape index (κ3) is 3.23. The number of rotatable bonds is 4. The van der Waals surface area contributed by atoms with Crippen molar-refractivity contribution in [3.8, 4) is 5.75 Å². The highest BCUT2D eigenvalue weighted by Gasteiger charge is 2.14. The summed E-state index contributed by atoms with van der Waals surface area (Å²) in [6, 6.07) is 11.9. The van der Waals surface area contributed by atoms with Gasteiger partial charge in [0.15, 0.2) is 0 Å². The van der Waals surface area contributed by atoms with Gasteiger partial charge in [0.1, 0.15) is 12.4 Å². The van der Waals surface area contributed by atoms with Crippen LogP contribution in [0.5, 0.6) is 5.75 Å². The van der Waals surface area contributed by atoms with E-state index in [-0.39, 0.29) is 12.3 Å². The Morgan fingerprint density at radius 1 is 1.26 bits per heavy atom. The zero-order valence-electron chi connectivity index (χ0n) is 9.88. The van der Waals surface area contributed by atoms with Crippen molar-refractivity contribution in [1.82, 2.24) is 0 Å². The molecule has 0 aliphatic rings. The van der Waals surface area contributed by atoms with Crippen molar-refractivity contribution in [2.45, 2.75) is 6.61 Å². The first-order valence-electron chi connectivity index (χ1n) is 5.48.